The molecule has 188 valence electrons. The number of nitrogens with zero attached hydrogens (tertiary/aromatic N) is 4. The zero-order valence-corrected chi connectivity index (χ0v) is 21.5. The van der Waals surface area contributed by atoms with E-state index < -0.39 is 5.60 Å². The van der Waals surface area contributed by atoms with Crippen LogP contribution in [0.4, 0.5) is 5.69 Å². The highest BCUT2D eigenvalue weighted by Crippen LogP contribution is 2.48. The minimum atomic E-state index is -0.838. The summed E-state index contributed by atoms with van der Waals surface area (Å²) in [6.45, 7) is 7.45. The van der Waals surface area contributed by atoms with Gasteiger partial charge in [0.15, 0.2) is 0 Å². The number of dihydropyridines is 1. The Hall–Kier alpha value is -3.66. The van der Waals surface area contributed by atoms with Gasteiger partial charge in [0, 0.05) is 43.3 Å². The van der Waals surface area contributed by atoms with Crippen molar-refractivity contribution in [3.8, 4) is 17.2 Å². The monoisotopic (exact) mass is 491 g/mol. The zero-order chi connectivity index (χ0) is 25.6. The summed E-state index contributed by atoms with van der Waals surface area (Å²) in [5.41, 5.74) is 6.72. The van der Waals surface area contributed by atoms with E-state index in [9.17, 15) is 10.4 Å². The molecule has 2 aliphatic heterocycles. The van der Waals surface area contributed by atoms with E-state index in [1.54, 1.807) is 0 Å². The van der Waals surface area contributed by atoms with Gasteiger partial charge in [0.1, 0.15) is 0 Å². The van der Waals surface area contributed by atoms with Crippen molar-refractivity contribution in [3.63, 3.8) is 0 Å². The van der Waals surface area contributed by atoms with E-state index in [1.807, 2.05) is 50.4 Å². The van der Waals surface area contributed by atoms with E-state index in [4.69, 9.17) is 4.98 Å². The fraction of sp³-hybridized carbons (Fsp3) is 0.355. The van der Waals surface area contributed by atoms with Gasteiger partial charge in [0.05, 0.1) is 40.8 Å². The van der Waals surface area contributed by atoms with Gasteiger partial charge < -0.3 is 15.3 Å². The summed E-state index contributed by atoms with van der Waals surface area (Å²) in [7, 11) is 0. The quantitative estimate of drug-likeness (QED) is 0.528. The molecule has 3 heterocycles. The lowest BCUT2D eigenvalue weighted by Gasteiger charge is -2.41. The van der Waals surface area contributed by atoms with Crippen LogP contribution in [0.3, 0.4) is 0 Å². The zero-order valence-electron chi connectivity index (χ0n) is 21.5. The van der Waals surface area contributed by atoms with Gasteiger partial charge in [-0.05, 0) is 67.5 Å². The first-order valence-corrected chi connectivity index (χ1v) is 13.2. The molecule has 2 N–H and O–H groups in total. The second-order valence-electron chi connectivity index (χ2n) is 10.9. The molecule has 1 saturated heterocycles. The van der Waals surface area contributed by atoms with E-state index >= 15 is 0 Å². The minimum Gasteiger partial charge on any atom is -0.386 e. The van der Waals surface area contributed by atoms with Crippen molar-refractivity contribution in [1.29, 1.82) is 5.26 Å². The molecule has 1 unspecified atom stereocenters. The normalized spacial score (nSPS) is 20.4. The number of para-hydroxylation sites is 1. The number of nitrogens with one attached hydrogen (secondary N) is 1. The van der Waals surface area contributed by atoms with E-state index in [0.29, 0.717) is 11.5 Å². The molecule has 2 aromatic carbocycles. The summed E-state index contributed by atoms with van der Waals surface area (Å²) in [6, 6.07) is 16.5. The standard InChI is InChI=1S/C31H33N5O/c1-31(2,37)24-12-13-28(33-19-24)36-16-14-35(15-17-36)27-20-34-30-25(22-8-6-21(18-32)7-9-22)4-3-5-26(30)29(27)23-10-11-23/h3-9,12-13,19-20,23,28,33,37H,10-11,14-17H2,1-2H3. The molecule has 2 fully saturated rings. The van der Waals surface area contributed by atoms with Crippen molar-refractivity contribution in [2.24, 2.45) is 0 Å². The lowest BCUT2D eigenvalue weighted by Crippen LogP contribution is -2.54. The first-order valence-electron chi connectivity index (χ1n) is 13.2. The predicted octanol–water partition coefficient (Wildman–Crippen LogP) is 4.91. The number of rotatable bonds is 5. The Labute approximate surface area is 218 Å². The Morgan fingerprint density at radius 1 is 1.05 bits per heavy atom. The number of hydrogen-bond donors (Lipinski definition) is 2. The molecule has 0 amide bonds. The van der Waals surface area contributed by atoms with Crippen LogP contribution in [0.1, 0.15) is 43.7 Å². The van der Waals surface area contributed by atoms with Crippen molar-refractivity contribution in [2.75, 3.05) is 31.1 Å². The van der Waals surface area contributed by atoms with Gasteiger partial charge in [-0.15, -0.1) is 0 Å². The van der Waals surface area contributed by atoms with Crippen LogP contribution in [0.5, 0.6) is 0 Å². The number of anilines is 1. The molecule has 6 nitrogen and oxygen atoms in total. The summed E-state index contributed by atoms with van der Waals surface area (Å²) in [5.74, 6) is 0.600. The molecule has 6 heteroatoms. The third-order valence-electron chi connectivity index (χ3n) is 7.85. The van der Waals surface area contributed by atoms with Crippen molar-refractivity contribution < 1.29 is 5.11 Å². The van der Waals surface area contributed by atoms with E-state index in [2.05, 4.69) is 51.7 Å². The highest BCUT2D eigenvalue weighted by molar-refractivity contribution is 5.98. The van der Waals surface area contributed by atoms with Crippen molar-refractivity contribution >= 4 is 16.6 Å². The molecule has 0 radical (unpaired) electrons. The second-order valence-corrected chi connectivity index (χ2v) is 10.9. The van der Waals surface area contributed by atoms with Crippen molar-refractivity contribution in [1.82, 2.24) is 15.2 Å². The van der Waals surface area contributed by atoms with E-state index in [1.165, 1.54) is 29.5 Å². The highest BCUT2D eigenvalue weighted by atomic mass is 16.3. The van der Waals surface area contributed by atoms with E-state index in [0.717, 1.165) is 48.4 Å². The van der Waals surface area contributed by atoms with Crippen LogP contribution < -0.4 is 10.2 Å². The molecular formula is C31H33N5O. The summed E-state index contributed by atoms with van der Waals surface area (Å²) in [4.78, 5) is 9.98. The first-order chi connectivity index (χ1) is 17.9. The third kappa shape index (κ3) is 4.61. The number of aromatic nitrogens is 1. The Balaban J connectivity index is 1.25. The molecular weight excluding hydrogens is 458 g/mol. The topological polar surface area (TPSA) is 75.4 Å². The summed E-state index contributed by atoms with van der Waals surface area (Å²) >= 11 is 0. The SMILES string of the molecule is CC(C)(O)C1=CNC(N2CCN(c3cnc4c(-c5ccc(C#N)cc5)cccc4c3C3CC3)CC2)C=C1. The highest BCUT2D eigenvalue weighted by Gasteiger charge is 2.32. The Morgan fingerprint density at radius 3 is 2.43 bits per heavy atom. The lowest BCUT2D eigenvalue weighted by molar-refractivity contribution is 0.121. The molecule has 37 heavy (non-hydrogen) atoms. The number of pyridine rings is 1. The van der Waals surface area contributed by atoms with E-state index in [-0.39, 0.29) is 6.17 Å². The Kier molecular flexibility index (Phi) is 5.98. The van der Waals surface area contributed by atoms with Gasteiger partial charge in [-0.3, -0.25) is 9.88 Å². The van der Waals surface area contributed by atoms with Crippen molar-refractivity contribution in [3.05, 3.63) is 83.7 Å². The number of benzene rings is 2. The lowest BCUT2D eigenvalue weighted by atomic mass is 9.96. The van der Waals surface area contributed by atoms with Crippen LogP contribution in [0, 0.1) is 11.3 Å². The van der Waals surface area contributed by atoms with Gasteiger partial charge in [0.25, 0.3) is 0 Å². The first kappa shape index (κ1) is 23.7. The van der Waals surface area contributed by atoms with Crippen LogP contribution >= 0.6 is 0 Å². The number of nitriles is 1. The van der Waals surface area contributed by atoms with Crippen LogP contribution in [-0.2, 0) is 0 Å². The Morgan fingerprint density at radius 2 is 1.81 bits per heavy atom. The summed E-state index contributed by atoms with van der Waals surface area (Å²) in [6.07, 6.45) is 10.9. The maximum atomic E-state index is 10.3. The number of fused-ring (bicyclic) bond motifs is 1. The average Bonchev–Trinajstić information content (AvgIpc) is 3.77. The maximum absolute atomic E-state index is 10.3. The van der Waals surface area contributed by atoms with Gasteiger partial charge in [-0.1, -0.05) is 36.4 Å². The number of hydrogen-bond acceptors (Lipinski definition) is 6. The summed E-state index contributed by atoms with van der Waals surface area (Å²) in [5, 5.41) is 24.1. The maximum Gasteiger partial charge on any atom is 0.0991 e. The molecule has 0 spiro atoms. The van der Waals surface area contributed by atoms with Gasteiger partial charge in [-0.25, -0.2) is 0 Å². The van der Waals surface area contributed by atoms with Crippen LogP contribution in [0.2, 0.25) is 0 Å². The molecule has 0 bridgehead atoms. The third-order valence-corrected chi connectivity index (χ3v) is 7.85. The van der Waals surface area contributed by atoms with Crippen LogP contribution in [-0.4, -0.2) is 52.9 Å². The van der Waals surface area contributed by atoms with Crippen LogP contribution in [0.25, 0.3) is 22.0 Å². The average molecular weight is 492 g/mol. The number of piperazine rings is 1. The van der Waals surface area contributed by atoms with Crippen LogP contribution in [0.15, 0.2) is 72.6 Å². The summed E-state index contributed by atoms with van der Waals surface area (Å²) < 4.78 is 0. The van der Waals surface area contributed by atoms with Gasteiger partial charge >= 0.3 is 0 Å². The van der Waals surface area contributed by atoms with Crippen molar-refractivity contribution in [2.45, 2.75) is 44.4 Å². The molecule has 1 aromatic heterocycles. The fourth-order valence-electron chi connectivity index (χ4n) is 5.57. The number of aliphatic hydroxyl groups is 1. The molecule has 1 saturated carbocycles. The second kappa shape index (κ2) is 9.33. The molecule has 1 aliphatic carbocycles. The largest absolute Gasteiger partial charge is 0.386 e. The van der Waals surface area contributed by atoms with Gasteiger partial charge in [-0.2, -0.15) is 5.26 Å². The van der Waals surface area contributed by atoms with Gasteiger partial charge in [0.2, 0.25) is 0 Å². The fourth-order valence-corrected chi connectivity index (χ4v) is 5.57. The minimum absolute atomic E-state index is 0.154. The molecule has 3 aliphatic rings. The smallest absolute Gasteiger partial charge is 0.0991 e. The molecule has 3 aromatic rings. The predicted molar refractivity (Wildman–Crippen MR) is 148 cm³/mol. The molecule has 6 rings (SSSR count). The molecule has 1 atom stereocenters. The Bertz CT molecular complexity index is 1410.